The van der Waals surface area contributed by atoms with Gasteiger partial charge in [0.25, 0.3) is 0 Å². The molecule has 1 amide bonds. The topological polar surface area (TPSA) is 62.2 Å². The number of nitrogens with one attached hydrogen (secondary N) is 1. The molecule has 0 atom stereocenters. The quantitative estimate of drug-likeness (QED) is 0.879. The van der Waals surface area contributed by atoms with Gasteiger partial charge in [0.15, 0.2) is 0 Å². The SMILES string of the molecule is Cc1cccc(CNC(=O)Cc2cccc(O)c2)n1. The van der Waals surface area contributed by atoms with Gasteiger partial charge in [-0.15, -0.1) is 0 Å². The third kappa shape index (κ3) is 4.10. The summed E-state index contributed by atoms with van der Waals surface area (Å²) >= 11 is 0. The van der Waals surface area contributed by atoms with Crippen LogP contribution in [0.5, 0.6) is 5.75 Å². The van der Waals surface area contributed by atoms with Gasteiger partial charge in [-0.3, -0.25) is 9.78 Å². The number of nitrogens with zero attached hydrogens (tertiary/aromatic N) is 1. The van der Waals surface area contributed by atoms with Crippen molar-refractivity contribution in [3.05, 3.63) is 59.4 Å². The molecule has 4 nitrogen and oxygen atoms in total. The minimum atomic E-state index is -0.0890. The Morgan fingerprint density at radius 1 is 1.26 bits per heavy atom. The average Bonchev–Trinajstić information content (AvgIpc) is 2.36. The molecular formula is C15H16N2O2. The molecule has 2 N–H and O–H groups in total. The molecule has 0 saturated carbocycles. The van der Waals surface area contributed by atoms with Crippen molar-refractivity contribution in [3.63, 3.8) is 0 Å². The normalized spacial score (nSPS) is 10.2. The third-order valence-corrected chi connectivity index (χ3v) is 2.69. The number of aryl methyl sites for hydroxylation is 1. The van der Waals surface area contributed by atoms with Crippen molar-refractivity contribution in [2.45, 2.75) is 19.9 Å². The van der Waals surface area contributed by atoms with Crippen molar-refractivity contribution in [2.75, 3.05) is 0 Å². The molecule has 1 aromatic heterocycles. The smallest absolute Gasteiger partial charge is 0.224 e. The van der Waals surface area contributed by atoms with Crippen molar-refractivity contribution in [1.29, 1.82) is 0 Å². The maximum absolute atomic E-state index is 11.8. The lowest BCUT2D eigenvalue weighted by molar-refractivity contribution is -0.120. The van der Waals surface area contributed by atoms with E-state index in [2.05, 4.69) is 10.3 Å². The third-order valence-electron chi connectivity index (χ3n) is 2.69. The number of hydrogen-bond acceptors (Lipinski definition) is 3. The number of amides is 1. The molecule has 0 fully saturated rings. The molecule has 1 heterocycles. The molecule has 0 unspecified atom stereocenters. The zero-order valence-corrected chi connectivity index (χ0v) is 10.8. The number of hydrogen-bond donors (Lipinski definition) is 2. The van der Waals surface area contributed by atoms with Gasteiger partial charge in [-0.05, 0) is 36.8 Å². The van der Waals surface area contributed by atoms with Gasteiger partial charge < -0.3 is 10.4 Å². The number of aromatic hydroxyl groups is 1. The molecule has 2 rings (SSSR count). The van der Waals surface area contributed by atoms with Crippen molar-refractivity contribution < 1.29 is 9.90 Å². The summed E-state index contributed by atoms with van der Waals surface area (Å²) in [5.41, 5.74) is 2.55. The van der Waals surface area contributed by atoms with Crippen LogP contribution in [0.15, 0.2) is 42.5 Å². The predicted molar refractivity (Wildman–Crippen MR) is 72.6 cm³/mol. The van der Waals surface area contributed by atoms with E-state index in [0.29, 0.717) is 6.54 Å². The molecule has 0 aliphatic rings. The van der Waals surface area contributed by atoms with Crippen molar-refractivity contribution >= 4 is 5.91 Å². The van der Waals surface area contributed by atoms with Crippen LogP contribution in [0.4, 0.5) is 0 Å². The highest BCUT2D eigenvalue weighted by Crippen LogP contribution is 2.11. The standard InChI is InChI=1S/C15H16N2O2/c1-11-4-2-6-13(17-11)10-16-15(19)9-12-5-3-7-14(18)8-12/h2-8,18H,9-10H2,1H3,(H,16,19). The maximum Gasteiger partial charge on any atom is 0.224 e. The van der Waals surface area contributed by atoms with Crippen LogP contribution in [-0.4, -0.2) is 16.0 Å². The van der Waals surface area contributed by atoms with Gasteiger partial charge in [0, 0.05) is 5.69 Å². The average molecular weight is 256 g/mol. The van der Waals surface area contributed by atoms with Gasteiger partial charge in [0.2, 0.25) is 5.91 Å². The van der Waals surface area contributed by atoms with Crippen LogP contribution in [0.2, 0.25) is 0 Å². The Kier molecular flexibility index (Phi) is 4.13. The summed E-state index contributed by atoms with van der Waals surface area (Å²) in [7, 11) is 0. The molecule has 98 valence electrons. The van der Waals surface area contributed by atoms with Gasteiger partial charge in [0.1, 0.15) is 5.75 Å². The van der Waals surface area contributed by atoms with Gasteiger partial charge in [-0.25, -0.2) is 0 Å². The van der Waals surface area contributed by atoms with Crippen LogP contribution in [-0.2, 0) is 17.8 Å². The van der Waals surface area contributed by atoms with Crippen LogP contribution < -0.4 is 5.32 Å². The second-order valence-corrected chi connectivity index (χ2v) is 4.39. The maximum atomic E-state index is 11.8. The first kappa shape index (κ1) is 13.1. The molecule has 0 spiro atoms. The van der Waals surface area contributed by atoms with E-state index in [0.717, 1.165) is 17.0 Å². The molecule has 0 aliphatic carbocycles. The number of pyridine rings is 1. The van der Waals surface area contributed by atoms with E-state index in [1.54, 1.807) is 18.2 Å². The Bertz CT molecular complexity index is 582. The summed E-state index contributed by atoms with van der Waals surface area (Å²) in [5, 5.41) is 12.1. The number of phenols is 1. The van der Waals surface area contributed by atoms with Crippen molar-refractivity contribution in [2.24, 2.45) is 0 Å². The Morgan fingerprint density at radius 2 is 2.05 bits per heavy atom. The van der Waals surface area contributed by atoms with Gasteiger partial charge in [-0.2, -0.15) is 0 Å². The summed E-state index contributed by atoms with van der Waals surface area (Å²) in [6.07, 6.45) is 0.250. The molecule has 1 aromatic carbocycles. The lowest BCUT2D eigenvalue weighted by Crippen LogP contribution is -2.25. The number of rotatable bonds is 4. The Labute approximate surface area is 112 Å². The highest BCUT2D eigenvalue weighted by molar-refractivity contribution is 5.78. The van der Waals surface area contributed by atoms with Gasteiger partial charge >= 0.3 is 0 Å². The second-order valence-electron chi connectivity index (χ2n) is 4.39. The van der Waals surface area contributed by atoms with E-state index in [9.17, 15) is 9.90 Å². The monoisotopic (exact) mass is 256 g/mol. The molecule has 0 aliphatic heterocycles. The first-order valence-electron chi connectivity index (χ1n) is 6.10. The number of aromatic nitrogens is 1. The van der Waals surface area contributed by atoms with Crippen LogP contribution in [0.1, 0.15) is 17.0 Å². The number of phenolic OH excluding ortho intramolecular Hbond substituents is 1. The van der Waals surface area contributed by atoms with E-state index < -0.39 is 0 Å². The lowest BCUT2D eigenvalue weighted by Gasteiger charge is -2.06. The van der Waals surface area contributed by atoms with Gasteiger partial charge in [-0.1, -0.05) is 18.2 Å². The number of carbonyl (C=O) groups is 1. The summed E-state index contributed by atoms with van der Waals surface area (Å²) in [6, 6.07) is 12.4. The van der Waals surface area contributed by atoms with E-state index in [-0.39, 0.29) is 18.1 Å². The van der Waals surface area contributed by atoms with Crippen LogP contribution in [0, 0.1) is 6.92 Å². The second kappa shape index (κ2) is 6.00. The molecule has 2 aromatic rings. The molecule has 0 saturated heterocycles. The van der Waals surface area contributed by atoms with Crippen molar-refractivity contribution in [1.82, 2.24) is 10.3 Å². The van der Waals surface area contributed by atoms with Crippen LogP contribution >= 0.6 is 0 Å². The van der Waals surface area contributed by atoms with Crippen LogP contribution in [0.3, 0.4) is 0 Å². The minimum absolute atomic E-state index is 0.0890. The van der Waals surface area contributed by atoms with E-state index in [1.165, 1.54) is 0 Å². The first-order valence-corrected chi connectivity index (χ1v) is 6.10. The molecule has 4 heteroatoms. The lowest BCUT2D eigenvalue weighted by atomic mass is 10.1. The highest BCUT2D eigenvalue weighted by Gasteiger charge is 2.04. The Morgan fingerprint density at radius 3 is 2.79 bits per heavy atom. The van der Waals surface area contributed by atoms with Crippen LogP contribution in [0.25, 0.3) is 0 Å². The highest BCUT2D eigenvalue weighted by atomic mass is 16.3. The van der Waals surface area contributed by atoms with E-state index >= 15 is 0 Å². The van der Waals surface area contributed by atoms with E-state index in [1.807, 2.05) is 31.2 Å². The minimum Gasteiger partial charge on any atom is -0.508 e. The predicted octanol–water partition coefficient (Wildman–Crippen LogP) is 1.95. The first-order chi connectivity index (χ1) is 9.13. The zero-order valence-electron chi connectivity index (χ0n) is 10.8. The number of carbonyl (C=O) groups excluding carboxylic acids is 1. The molecule has 0 bridgehead atoms. The number of benzene rings is 1. The molecule has 19 heavy (non-hydrogen) atoms. The largest absolute Gasteiger partial charge is 0.508 e. The summed E-state index contributed by atoms with van der Waals surface area (Å²) in [6.45, 7) is 2.33. The fourth-order valence-electron chi connectivity index (χ4n) is 1.80. The summed E-state index contributed by atoms with van der Waals surface area (Å²) in [5.74, 6) is 0.0829. The fourth-order valence-corrected chi connectivity index (χ4v) is 1.80. The Hall–Kier alpha value is -2.36. The van der Waals surface area contributed by atoms with E-state index in [4.69, 9.17) is 0 Å². The molecule has 0 radical (unpaired) electrons. The zero-order chi connectivity index (χ0) is 13.7. The fraction of sp³-hybridized carbons (Fsp3) is 0.200. The van der Waals surface area contributed by atoms with Gasteiger partial charge in [0.05, 0.1) is 18.7 Å². The van der Waals surface area contributed by atoms with Crippen molar-refractivity contribution in [3.8, 4) is 5.75 Å². The molecular weight excluding hydrogens is 240 g/mol. The summed E-state index contributed by atoms with van der Waals surface area (Å²) in [4.78, 5) is 16.1. The summed E-state index contributed by atoms with van der Waals surface area (Å²) < 4.78 is 0. The Balaban J connectivity index is 1.88.